The summed E-state index contributed by atoms with van der Waals surface area (Å²) in [5.74, 6) is 0.805. The fourth-order valence-electron chi connectivity index (χ4n) is 4.34. The Morgan fingerprint density at radius 3 is 2.16 bits per heavy atom. The van der Waals surface area contributed by atoms with E-state index in [9.17, 15) is 4.79 Å². The van der Waals surface area contributed by atoms with E-state index < -0.39 is 0 Å². The van der Waals surface area contributed by atoms with Gasteiger partial charge >= 0.3 is 0 Å². The number of ether oxygens (including phenoxy) is 1. The van der Waals surface area contributed by atoms with E-state index in [0.29, 0.717) is 31.9 Å². The number of anilines is 1. The van der Waals surface area contributed by atoms with E-state index in [0.717, 1.165) is 36.6 Å². The molecule has 1 saturated heterocycles. The van der Waals surface area contributed by atoms with Gasteiger partial charge in [-0.25, -0.2) is 4.98 Å². The number of carbonyl (C=O) groups excluding carboxylic acids is 1. The van der Waals surface area contributed by atoms with Crippen LogP contribution >= 0.6 is 0 Å². The lowest BCUT2D eigenvalue weighted by atomic mass is 9.99. The summed E-state index contributed by atoms with van der Waals surface area (Å²) < 4.78 is 5.53. The quantitative estimate of drug-likeness (QED) is 0.617. The molecule has 0 atom stereocenters. The van der Waals surface area contributed by atoms with Crippen LogP contribution in [0.15, 0.2) is 78.9 Å². The van der Waals surface area contributed by atoms with Crippen LogP contribution in [-0.4, -0.2) is 55.2 Å². The Kier molecular flexibility index (Phi) is 5.99. The lowest BCUT2D eigenvalue weighted by Gasteiger charge is -2.32. The van der Waals surface area contributed by atoms with Crippen molar-refractivity contribution in [1.29, 1.82) is 0 Å². The molecule has 5 nitrogen and oxygen atoms in total. The van der Waals surface area contributed by atoms with Crippen molar-refractivity contribution in [2.24, 2.45) is 0 Å². The maximum absolute atomic E-state index is 13.6. The Morgan fingerprint density at radius 2 is 1.50 bits per heavy atom. The van der Waals surface area contributed by atoms with Crippen LogP contribution in [0.1, 0.15) is 22.3 Å². The molecule has 0 N–H and O–H groups in total. The average Bonchev–Trinajstić information content (AvgIpc) is 2.89. The predicted molar refractivity (Wildman–Crippen MR) is 128 cm³/mol. The van der Waals surface area contributed by atoms with Gasteiger partial charge in [-0.15, -0.1) is 0 Å². The van der Waals surface area contributed by atoms with E-state index in [-0.39, 0.29) is 5.91 Å². The number of nitrogens with zero attached hydrogens (tertiary/aromatic N) is 3. The molecule has 0 unspecified atom stereocenters. The number of benzene rings is 2. The molecule has 162 valence electrons. The molecule has 0 radical (unpaired) electrons. The lowest BCUT2D eigenvalue weighted by Crippen LogP contribution is -2.40. The predicted octanol–water partition coefficient (Wildman–Crippen LogP) is 4.51. The zero-order chi connectivity index (χ0) is 21.8. The third-order valence-corrected chi connectivity index (χ3v) is 6.13. The minimum atomic E-state index is 0.0435. The van der Waals surface area contributed by atoms with Crippen molar-refractivity contribution >= 4 is 17.3 Å². The summed E-state index contributed by atoms with van der Waals surface area (Å²) >= 11 is 0. The second kappa shape index (κ2) is 9.37. The highest BCUT2D eigenvalue weighted by atomic mass is 16.5. The van der Waals surface area contributed by atoms with Crippen LogP contribution in [0.5, 0.6) is 0 Å². The van der Waals surface area contributed by atoms with Gasteiger partial charge in [0, 0.05) is 31.7 Å². The molecule has 0 spiro atoms. The van der Waals surface area contributed by atoms with Gasteiger partial charge in [0.1, 0.15) is 5.82 Å². The fraction of sp³-hybridized carbons (Fsp3) is 0.259. The Balaban J connectivity index is 1.43. The number of morpholine rings is 1. The number of rotatable bonds is 4. The van der Waals surface area contributed by atoms with Gasteiger partial charge in [0.05, 0.1) is 24.5 Å². The second-order valence-corrected chi connectivity index (χ2v) is 8.13. The molecule has 32 heavy (non-hydrogen) atoms. The molecule has 0 saturated carbocycles. The smallest absolute Gasteiger partial charge is 0.257 e. The van der Waals surface area contributed by atoms with Crippen molar-refractivity contribution in [3.8, 4) is 11.3 Å². The minimum Gasteiger partial charge on any atom is -0.378 e. The number of amides is 1. The number of carbonyl (C=O) groups is 1. The van der Waals surface area contributed by atoms with Crippen LogP contribution in [0.25, 0.3) is 16.8 Å². The van der Waals surface area contributed by atoms with E-state index in [1.807, 2.05) is 53.4 Å². The van der Waals surface area contributed by atoms with Crippen LogP contribution in [0.3, 0.4) is 0 Å². The molecule has 0 aliphatic carbocycles. The summed E-state index contributed by atoms with van der Waals surface area (Å²) in [6.45, 7) is 4.11. The second-order valence-electron chi connectivity index (χ2n) is 8.13. The Labute approximate surface area is 189 Å². The number of aromatic nitrogens is 1. The molecular weight excluding hydrogens is 398 g/mol. The first-order valence-corrected chi connectivity index (χ1v) is 11.2. The molecule has 5 rings (SSSR count). The van der Waals surface area contributed by atoms with Crippen molar-refractivity contribution in [3.05, 3.63) is 90.0 Å². The Morgan fingerprint density at radius 1 is 0.812 bits per heavy atom. The van der Waals surface area contributed by atoms with Crippen LogP contribution in [-0.2, 0) is 4.74 Å². The molecule has 0 bridgehead atoms. The summed E-state index contributed by atoms with van der Waals surface area (Å²) in [5, 5.41) is 0. The molecule has 1 amide bonds. The molecule has 2 aromatic carbocycles. The number of pyridine rings is 1. The topological polar surface area (TPSA) is 45.7 Å². The van der Waals surface area contributed by atoms with E-state index in [2.05, 4.69) is 35.2 Å². The van der Waals surface area contributed by atoms with Crippen molar-refractivity contribution < 1.29 is 9.53 Å². The van der Waals surface area contributed by atoms with Crippen LogP contribution in [0.4, 0.5) is 5.82 Å². The highest BCUT2D eigenvalue weighted by Crippen LogP contribution is 2.28. The first kappa shape index (κ1) is 20.5. The molecule has 2 aliphatic heterocycles. The largest absolute Gasteiger partial charge is 0.378 e. The van der Waals surface area contributed by atoms with Gasteiger partial charge in [-0.3, -0.25) is 4.79 Å². The van der Waals surface area contributed by atoms with Gasteiger partial charge in [0.2, 0.25) is 0 Å². The Bertz CT molecular complexity index is 1110. The standard InChI is InChI=1S/C27H27N3O2/c31-27(30-15-13-22(14-16-30)21-7-3-1-4-8-21)24-11-12-25(23-9-5-2-6-10-23)28-26(24)29-17-19-32-20-18-29/h1-13H,14-20H2. The molecule has 1 aromatic heterocycles. The maximum atomic E-state index is 13.6. The van der Waals surface area contributed by atoms with Gasteiger partial charge in [0.15, 0.2) is 0 Å². The summed E-state index contributed by atoms with van der Waals surface area (Å²) in [5.41, 5.74) is 5.15. The van der Waals surface area contributed by atoms with Gasteiger partial charge in [0.25, 0.3) is 5.91 Å². The third kappa shape index (κ3) is 4.30. The molecule has 5 heteroatoms. The van der Waals surface area contributed by atoms with E-state index in [4.69, 9.17) is 9.72 Å². The highest BCUT2D eigenvalue weighted by molar-refractivity contribution is 6.00. The van der Waals surface area contributed by atoms with E-state index >= 15 is 0 Å². The minimum absolute atomic E-state index is 0.0435. The number of hydrogen-bond acceptors (Lipinski definition) is 4. The molecular formula is C27H27N3O2. The van der Waals surface area contributed by atoms with Crippen LogP contribution in [0, 0.1) is 0 Å². The first-order valence-electron chi connectivity index (χ1n) is 11.2. The van der Waals surface area contributed by atoms with Crippen molar-refractivity contribution in [1.82, 2.24) is 9.88 Å². The van der Waals surface area contributed by atoms with Crippen molar-refractivity contribution in [2.45, 2.75) is 6.42 Å². The molecule has 2 aliphatic rings. The molecule has 3 aromatic rings. The lowest BCUT2D eigenvalue weighted by molar-refractivity contribution is 0.0771. The van der Waals surface area contributed by atoms with E-state index in [1.54, 1.807) is 0 Å². The monoisotopic (exact) mass is 425 g/mol. The van der Waals surface area contributed by atoms with Gasteiger partial charge in [-0.05, 0) is 29.7 Å². The Hall–Kier alpha value is -3.44. The fourth-order valence-corrected chi connectivity index (χ4v) is 4.34. The number of hydrogen-bond donors (Lipinski definition) is 0. The summed E-state index contributed by atoms with van der Waals surface area (Å²) in [6.07, 6.45) is 3.04. The van der Waals surface area contributed by atoms with Gasteiger partial charge < -0.3 is 14.5 Å². The summed E-state index contributed by atoms with van der Waals surface area (Å²) in [7, 11) is 0. The van der Waals surface area contributed by atoms with Crippen molar-refractivity contribution in [3.63, 3.8) is 0 Å². The van der Waals surface area contributed by atoms with Crippen LogP contribution in [0.2, 0.25) is 0 Å². The molecule has 1 fully saturated rings. The summed E-state index contributed by atoms with van der Waals surface area (Å²) in [6, 6.07) is 24.4. The zero-order valence-corrected chi connectivity index (χ0v) is 18.1. The normalized spacial score (nSPS) is 16.6. The van der Waals surface area contributed by atoms with E-state index in [1.165, 1.54) is 11.1 Å². The summed E-state index contributed by atoms with van der Waals surface area (Å²) in [4.78, 5) is 22.6. The molecule has 3 heterocycles. The van der Waals surface area contributed by atoms with Crippen LogP contribution < -0.4 is 4.90 Å². The van der Waals surface area contributed by atoms with Crippen molar-refractivity contribution in [2.75, 3.05) is 44.3 Å². The van der Waals surface area contributed by atoms with Gasteiger partial charge in [-0.1, -0.05) is 66.7 Å². The van der Waals surface area contributed by atoms with Gasteiger partial charge in [-0.2, -0.15) is 0 Å². The SMILES string of the molecule is O=C(c1ccc(-c2ccccc2)nc1N1CCOCC1)N1CC=C(c2ccccc2)CC1. The zero-order valence-electron chi connectivity index (χ0n) is 18.1. The highest BCUT2D eigenvalue weighted by Gasteiger charge is 2.26. The first-order chi connectivity index (χ1) is 15.8. The average molecular weight is 426 g/mol. The third-order valence-electron chi connectivity index (χ3n) is 6.13. The maximum Gasteiger partial charge on any atom is 0.257 e.